The molecule has 116 valence electrons. The number of carbonyl (C=O) groups excluding carboxylic acids is 2. The summed E-state index contributed by atoms with van der Waals surface area (Å²) in [6, 6.07) is 10.0. The highest BCUT2D eigenvalue weighted by molar-refractivity contribution is 5.95. The zero-order chi connectivity index (χ0) is 16.0. The van der Waals surface area contributed by atoms with Crippen molar-refractivity contribution in [2.75, 3.05) is 0 Å². The van der Waals surface area contributed by atoms with Gasteiger partial charge in [0, 0.05) is 17.0 Å². The number of ketones is 1. The second-order valence-corrected chi connectivity index (χ2v) is 6.40. The summed E-state index contributed by atoms with van der Waals surface area (Å²) in [5.41, 5.74) is 6.34. The van der Waals surface area contributed by atoms with Gasteiger partial charge in [-0.1, -0.05) is 12.1 Å². The summed E-state index contributed by atoms with van der Waals surface area (Å²) in [6.07, 6.45) is 4.04. The van der Waals surface area contributed by atoms with E-state index in [1.54, 1.807) is 6.92 Å². The average Bonchev–Trinajstić information content (AvgIpc) is 2.58. The first-order valence-electron chi connectivity index (χ1n) is 8.06. The van der Waals surface area contributed by atoms with Gasteiger partial charge in [0.2, 0.25) is 0 Å². The van der Waals surface area contributed by atoms with Gasteiger partial charge in [-0.3, -0.25) is 4.79 Å². The highest BCUT2D eigenvalue weighted by Crippen LogP contribution is 2.43. The molecule has 1 aliphatic heterocycles. The molecule has 0 saturated carbocycles. The van der Waals surface area contributed by atoms with Gasteiger partial charge in [0.25, 0.3) is 0 Å². The van der Waals surface area contributed by atoms with Crippen molar-refractivity contribution in [1.82, 2.24) is 0 Å². The van der Waals surface area contributed by atoms with Crippen molar-refractivity contribution in [3.05, 3.63) is 52.6 Å². The smallest absolute Gasteiger partial charge is 0.159 e. The van der Waals surface area contributed by atoms with Gasteiger partial charge in [-0.25, -0.2) is 0 Å². The van der Waals surface area contributed by atoms with E-state index in [9.17, 15) is 9.59 Å². The quantitative estimate of drug-likeness (QED) is 0.620. The second-order valence-electron chi connectivity index (χ2n) is 6.40. The first-order valence-corrected chi connectivity index (χ1v) is 8.06. The van der Waals surface area contributed by atoms with Crippen LogP contribution in [0, 0.1) is 0 Å². The summed E-state index contributed by atoms with van der Waals surface area (Å²) >= 11 is 0. The molecule has 0 spiro atoms. The molecule has 2 aromatic rings. The lowest BCUT2D eigenvalue weighted by atomic mass is 9.81. The van der Waals surface area contributed by atoms with Crippen LogP contribution in [0.15, 0.2) is 30.3 Å². The SMILES string of the molecule is CC(=O)c1ccc2c(c1)COc1cc3c(cc1-2)CCCC3C=O. The zero-order valence-corrected chi connectivity index (χ0v) is 13.1. The Morgan fingerprint density at radius 3 is 2.83 bits per heavy atom. The number of Topliss-reactive ketones (excluding diaryl/α,β-unsaturated/α-hetero) is 1. The summed E-state index contributed by atoms with van der Waals surface area (Å²) < 4.78 is 5.92. The minimum Gasteiger partial charge on any atom is -0.488 e. The van der Waals surface area contributed by atoms with Crippen LogP contribution < -0.4 is 4.74 Å². The number of hydrogen-bond donors (Lipinski definition) is 0. The van der Waals surface area contributed by atoms with Crippen molar-refractivity contribution in [3.8, 4) is 16.9 Å². The van der Waals surface area contributed by atoms with Crippen molar-refractivity contribution in [2.45, 2.75) is 38.7 Å². The van der Waals surface area contributed by atoms with Crippen molar-refractivity contribution in [3.63, 3.8) is 0 Å². The van der Waals surface area contributed by atoms with Gasteiger partial charge in [0.15, 0.2) is 5.78 Å². The first-order chi connectivity index (χ1) is 11.2. The van der Waals surface area contributed by atoms with Crippen LogP contribution in [0.1, 0.15) is 52.7 Å². The second kappa shape index (κ2) is 5.34. The number of hydrogen-bond acceptors (Lipinski definition) is 3. The minimum absolute atomic E-state index is 0.00543. The topological polar surface area (TPSA) is 43.4 Å². The highest BCUT2D eigenvalue weighted by Gasteiger charge is 2.25. The van der Waals surface area contributed by atoms with E-state index in [4.69, 9.17) is 4.74 Å². The lowest BCUT2D eigenvalue weighted by molar-refractivity contribution is -0.109. The summed E-state index contributed by atoms with van der Waals surface area (Å²) in [4.78, 5) is 22.9. The van der Waals surface area contributed by atoms with E-state index in [2.05, 4.69) is 6.07 Å². The number of rotatable bonds is 2. The van der Waals surface area contributed by atoms with Crippen LogP contribution in [0.4, 0.5) is 0 Å². The molecule has 1 atom stereocenters. The molecule has 0 fully saturated rings. The fourth-order valence-electron chi connectivity index (χ4n) is 3.69. The molecule has 0 amide bonds. The van der Waals surface area contributed by atoms with Crippen LogP contribution in [0.5, 0.6) is 5.75 Å². The summed E-state index contributed by atoms with van der Waals surface area (Å²) in [5.74, 6) is 0.910. The largest absolute Gasteiger partial charge is 0.488 e. The van der Waals surface area contributed by atoms with Crippen molar-refractivity contribution in [2.24, 2.45) is 0 Å². The lowest BCUT2D eigenvalue weighted by Gasteiger charge is -2.27. The molecule has 0 aromatic heterocycles. The molecular weight excluding hydrogens is 288 g/mol. The molecule has 2 aliphatic rings. The van der Waals surface area contributed by atoms with E-state index in [1.165, 1.54) is 5.56 Å². The molecule has 1 unspecified atom stereocenters. The third-order valence-electron chi connectivity index (χ3n) is 4.95. The van der Waals surface area contributed by atoms with Crippen molar-refractivity contribution >= 4 is 12.1 Å². The number of fused-ring (bicyclic) bond motifs is 4. The van der Waals surface area contributed by atoms with Gasteiger partial charge in [-0.2, -0.15) is 0 Å². The number of benzene rings is 2. The minimum atomic E-state index is -0.00543. The Kier molecular flexibility index (Phi) is 3.29. The van der Waals surface area contributed by atoms with E-state index in [0.717, 1.165) is 59.1 Å². The maximum atomic E-state index is 11.6. The van der Waals surface area contributed by atoms with Crippen LogP contribution in [-0.2, 0) is 17.8 Å². The number of aryl methyl sites for hydroxylation is 1. The summed E-state index contributed by atoms with van der Waals surface area (Å²) in [5, 5.41) is 0. The van der Waals surface area contributed by atoms with Crippen LogP contribution in [0.2, 0.25) is 0 Å². The Bertz CT molecular complexity index is 820. The maximum Gasteiger partial charge on any atom is 0.159 e. The Morgan fingerprint density at radius 1 is 1.17 bits per heavy atom. The highest BCUT2D eigenvalue weighted by atomic mass is 16.5. The fourth-order valence-corrected chi connectivity index (χ4v) is 3.69. The van der Waals surface area contributed by atoms with E-state index >= 15 is 0 Å². The van der Waals surface area contributed by atoms with Gasteiger partial charge < -0.3 is 9.53 Å². The zero-order valence-electron chi connectivity index (χ0n) is 13.1. The van der Waals surface area contributed by atoms with Gasteiger partial charge in [0.1, 0.15) is 18.6 Å². The van der Waals surface area contributed by atoms with Gasteiger partial charge >= 0.3 is 0 Å². The lowest BCUT2D eigenvalue weighted by Crippen LogP contribution is -2.14. The van der Waals surface area contributed by atoms with Gasteiger partial charge in [-0.05, 0) is 66.6 Å². The van der Waals surface area contributed by atoms with Crippen molar-refractivity contribution < 1.29 is 14.3 Å². The maximum absolute atomic E-state index is 11.6. The van der Waals surface area contributed by atoms with E-state index in [-0.39, 0.29) is 11.7 Å². The Morgan fingerprint density at radius 2 is 2.04 bits per heavy atom. The third-order valence-corrected chi connectivity index (χ3v) is 4.95. The van der Waals surface area contributed by atoms with Crippen LogP contribution >= 0.6 is 0 Å². The summed E-state index contributed by atoms with van der Waals surface area (Å²) in [7, 11) is 0. The molecule has 0 bridgehead atoms. The Labute approximate surface area is 135 Å². The van der Waals surface area contributed by atoms with Gasteiger partial charge in [0.05, 0.1) is 0 Å². The predicted molar refractivity (Wildman–Crippen MR) is 88.0 cm³/mol. The van der Waals surface area contributed by atoms with E-state index in [1.807, 2.05) is 24.3 Å². The van der Waals surface area contributed by atoms with E-state index < -0.39 is 0 Å². The molecule has 0 radical (unpaired) electrons. The molecule has 3 heteroatoms. The van der Waals surface area contributed by atoms with Crippen LogP contribution in [0.3, 0.4) is 0 Å². The number of carbonyl (C=O) groups is 2. The molecule has 0 saturated heterocycles. The average molecular weight is 306 g/mol. The molecule has 23 heavy (non-hydrogen) atoms. The van der Waals surface area contributed by atoms with Crippen LogP contribution in [-0.4, -0.2) is 12.1 Å². The molecule has 3 nitrogen and oxygen atoms in total. The molecule has 2 aromatic carbocycles. The third kappa shape index (κ3) is 2.27. The van der Waals surface area contributed by atoms with Crippen LogP contribution in [0.25, 0.3) is 11.1 Å². The monoisotopic (exact) mass is 306 g/mol. The van der Waals surface area contributed by atoms with Crippen molar-refractivity contribution in [1.29, 1.82) is 0 Å². The molecule has 4 rings (SSSR count). The standard InChI is InChI=1S/C20H18O3/c1-12(22)13-5-6-17-16(7-13)11-23-20-9-18-14(8-19(17)20)3-2-4-15(18)10-21/h5-10,15H,2-4,11H2,1H3. The van der Waals surface area contributed by atoms with Gasteiger partial charge in [-0.15, -0.1) is 0 Å². The molecule has 0 N–H and O–H groups in total. The molecule has 1 heterocycles. The number of aldehydes is 1. The normalized spacial score (nSPS) is 18.2. The number of ether oxygens (including phenoxy) is 1. The summed E-state index contributed by atoms with van der Waals surface area (Å²) in [6.45, 7) is 2.04. The predicted octanol–water partition coefficient (Wildman–Crippen LogP) is 4.07. The Balaban J connectivity index is 1.85. The molecular formula is C20H18O3. The fraction of sp³-hybridized carbons (Fsp3) is 0.300. The molecule has 1 aliphatic carbocycles. The van der Waals surface area contributed by atoms with E-state index in [0.29, 0.717) is 6.61 Å². The first kappa shape index (κ1) is 14.2. The Hall–Kier alpha value is -2.42.